The summed E-state index contributed by atoms with van der Waals surface area (Å²) in [5, 5.41) is 7.38. The molecule has 1 aliphatic rings. The Hall–Kier alpha value is -6.12. The van der Waals surface area contributed by atoms with Gasteiger partial charge in [0.1, 0.15) is 11.5 Å². The molecule has 0 atom stereocenters. The van der Waals surface area contributed by atoms with Gasteiger partial charge in [-0.3, -0.25) is 0 Å². The average molecular weight is 586 g/mol. The molecule has 0 saturated heterocycles. The molecule has 0 bridgehead atoms. The van der Waals surface area contributed by atoms with Gasteiger partial charge in [0.15, 0.2) is 0 Å². The highest BCUT2D eigenvalue weighted by Crippen LogP contribution is 2.49. The van der Waals surface area contributed by atoms with Gasteiger partial charge in [0.2, 0.25) is 0 Å². The highest BCUT2D eigenvalue weighted by molar-refractivity contribution is 6.23. The summed E-state index contributed by atoms with van der Waals surface area (Å²) in [6.07, 6.45) is 0. The molecule has 0 fully saturated rings. The predicted octanol–water partition coefficient (Wildman–Crippen LogP) is 12.2. The number of benzene rings is 8. The topological polar surface area (TPSA) is 14.2 Å². The van der Waals surface area contributed by atoms with Crippen LogP contribution in [0.3, 0.4) is 0 Å². The van der Waals surface area contributed by atoms with Crippen LogP contribution in [0.2, 0.25) is 0 Å². The van der Waals surface area contributed by atoms with E-state index in [2.05, 4.69) is 156 Å². The quantitative estimate of drug-likeness (QED) is 0.201. The standard InChI is InChI=1S/C44H27NO/c1-2-15-31(16-3-1)45-38-22-8-6-19-37(38)44-39(45)27-29-12-4-5-17-33(29)42(44)30-14-10-13-28(26-30)32-24-25-41-43-35(32)20-11-21-36(43)34-18-7-9-23-40(34)46-41/h1-27H. The first-order chi connectivity index (χ1) is 22.8. The number of hydrogen-bond acceptors (Lipinski definition) is 1. The second kappa shape index (κ2) is 9.69. The van der Waals surface area contributed by atoms with E-state index in [1.54, 1.807) is 0 Å². The number of rotatable bonds is 3. The van der Waals surface area contributed by atoms with Crippen LogP contribution in [-0.2, 0) is 0 Å². The summed E-state index contributed by atoms with van der Waals surface area (Å²) in [4.78, 5) is 0. The lowest BCUT2D eigenvalue weighted by atomic mass is 9.88. The van der Waals surface area contributed by atoms with Crippen molar-refractivity contribution in [3.8, 4) is 50.6 Å². The van der Waals surface area contributed by atoms with E-state index in [4.69, 9.17) is 4.74 Å². The molecule has 2 heteroatoms. The Morgan fingerprint density at radius 3 is 2.04 bits per heavy atom. The highest BCUT2D eigenvalue weighted by atomic mass is 16.5. The fourth-order valence-corrected chi connectivity index (χ4v) is 7.62. The van der Waals surface area contributed by atoms with E-state index in [-0.39, 0.29) is 0 Å². The van der Waals surface area contributed by atoms with Crippen LogP contribution in [0.15, 0.2) is 164 Å². The van der Waals surface area contributed by atoms with Gasteiger partial charge in [-0.15, -0.1) is 0 Å². The van der Waals surface area contributed by atoms with E-state index < -0.39 is 0 Å². The van der Waals surface area contributed by atoms with Crippen molar-refractivity contribution >= 4 is 43.4 Å². The molecule has 8 aromatic carbocycles. The van der Waals surface area contributed by atoms with Crippen LogP contribution in [0.4, 0.5) is 0 Å². The molecule has 1 aromatic heterocycles. The molecule has 0 N–H and O–H groups in total. The highest BCUT2D eigenvalue weighted by Gasteiger charge is 2.22. The molecular formula is C44H27NO. The lowest BCUT2D eigenvalue weighted by Gasteiger charge is -2.22. The summed E-state index contributed by atoms with van der Waals surface area (Å²) in [7, 11) is 0. The molecule has 0 radical (unpaired) electrons. The van der Waals surface area contributed by atoms with E-state index >= 15 is 0 Å². The first-order valence-electron chi connectivity index (χ1n) is 15.8. The third-order valence-electron chi connectivity index (χ3n) is 9.56. The fraction of sp³-hybridized carbons (Fsp3) is 0. The third-order valence-corrected chi connectivity index (χ3v) is 9.56. The van der Waals surface area contributed by atoms with Gasteiger partial charge in [-0.05, 0) is 86.4 Å². The summed E-state index contributed by atoms with van der Waals surface area (Å²) in [6, 6.07) is 59.0. The SMILES string of the molecule is c1ccc(-n2c3ccccc3c3c(-c4cccc(-c5ccc6c7c(cccc57)-c5ccccc5O6)c4)c4ccccc4cc32)cc1. The summed E-state index contributed by atoms with van der Waals surface area (Å²) < 4.78 is 8.82. The second-order valence-electron chi connectivity index (χ2n) is 12.1. The van der Waals surface area contributed by atoms with Crippen LogP contribution in [0.5, 0.6) is 11.5 Å². The Morgan fingerprint density at radius 2 is 1.11 bits per heavy atom. The summed E-state index contributed by atoms with van der Waals surface area (Å²) in [6.45, 7) is 0. The normalized spacial score (nSPS) is 12.1. The zero-order chi connectivity index (χ0) is 30.2. The molecule has 0 unspecified atom stereocenters. The number of para-hydroxylation sites is 3. The molecule has 9 aromatic rings. The molecule has 0 aliphatic carbocycles. The molecule has 0 saturated carbocycles. The molecule has 214 valence electrons. The molecule has 46 heavy (non-hydrogen) atoms. The van der Waals surface area contributed by atoms with Crippen molar-refractivity contribution in [2.24, 2.45) is 0 Å². The van der Waals surface area contributed by atoms with Crippen molar-refractivity contribution in [3.63, 3.8) is 0 Å². The maximum absolute atomic E-state index is 6.41. The van der Waals surface area contributed by atoms with Gasteiger partial charge in [0.25, 0.3) is 0 Å². The summed E-state index contributed by atoms with van der Waals surface area (Å²) >= 11 is 0. The van der Waals surface area contributed by atoms with Gasteiger partial charge >= 0.3 is 0 Å². The molecule has 1 aliphatic heterocycles. The monoisotopic (exact) mass is 585 g/mol. The molecule has 2 nitrogen and oxygen atoms in total. The van der Waals surface area contributed by atoms with Gasteiger partial charge in [0, 0.05) is 27.4 Å². The molecule has 2 heterocycles. The Labute approximate surface area is 266 Å². The number of aromatic nitrogens is 1. The van der Waals surface area contributed by atoms with E-state index in [9.17, 15) is 0 Å². The van der Waals surface area contributed by atoms with E-state index in [1.165, 1.54) is 71.2 Å². The largest absolute Gasteiger partial charge is 0.456 e. The number of hydrogen-bond donors (Lipinski definition) is 0. The van der Waals surface area contributed by atoms with Crippen LogP contribution in [0.1, 0.15) is 0 Å². The number of ether oxygens (including phenoxy) is 1. The van der Waals surface area contributed by atoms with Crippen LogP contribution in [0.25, 0.3) is 82.4 Å². The van der Waals surface area contributed by atoms with Crippen molar-refractivity contribution in [3.05, 3.63) is 164 Å². The van der Waals surface area contributed by atoms with E-state index in [0.29, 0.717) is 0 Å². The Bertz CT molecular complexity index is 2660. The minimum atomic E-state index is 0.909. The van der Waals surface area contributed by atoms with Gasteiger partial charge in [-0.25, -0.2) is 0 Å². The molecule has 0 amide bonds. The molecule has 10 rings (SSSR count). The predicted molar refractivity (Wildman–Crippen MR) is 192 cm³/mol. The van der Waals surface area contributed by atoms with Gasteiger partial charge < -0.3 is 9.30 Å². The lowest BCUT2D eigenvalue weighted by molar-refractivity contribution is 0.487. The Kier molecular flexibility index (Phi) is 5.31. The number of nitrogens with zero attached hydrogens (tertiary/aromatic N) is 1. The van der Waals surface area contributed by atoms with Gasteiger partial charge in [-0.1, -0.05) is 121 Å². The van der Waals surface area contributed by atoms with Crippen molar-refractivity contribution in [1.29, 1.82) is 0 Å². The van der Waals surface area contributed by atoms with E-state index in [0.717, 1.165) is 22.7 Å². The van der Waals surface area contributed by atoms with Crippen molar-refractivity contribution in [2.75, 3.05) is 0 Å². The minimum absolute atomic E-state index is 0.909. The van der Waals surface area contributed by atoms with Crippen LogP contribution in [0, 0.1) is 0 Å². The fourth-order valence-electron chi connectivity index (χ4n) is 7.62. The zero-order valence-electron chi connectivity index (χ0n) is 24.9. The number of fused-ring (bicyclic) bond motifs is 6. The molecular weight excluding hydrogens is 558 g/mol. The van der Waals surface area contributed by atoms with Crippen molar-refractivity contribution in [2.45, 2.75) is 0 Å². The molecule has 0 spiro atoms. The first kappa shape index (κ1) is 25.2. The van der Waals surface area contributed by atoms with Crippen LogP contribution in [-0.4, -0.2) is 4.57 Å². The van der Waals surface area contributed by atoms with Crippen molar-refractivity contribution < 1.29 is 4.74 Å². The van der Waals surface area contributed by atoms with Gasteiger partial charge in [0.05, 0.1) is 11.0 Å². The minimum Gasteiger partial charge on any atom is -0.456 e. The lowest BCUT2D eigenvalue weighted by Crippen LogP contribution is -1.97. The second-order valence-corrected chi connectivity index (χ2v) is 12.1. The van der Waals surface area contributed by atoms with Crippen LogP contribution < -0.4 is 4.74 Å². The van der Waals surface area contributed by atoms with E-state index in [1.807, 2.05) is 12.1 Å². The third kappa shape index (κ3) is 3.59. The average Bonchev–Trinajstić information content (AvgIpc) is 3.45. The van der Waals surface area contributed by atoms with Gasteiger partial charge in [-0.2, -0.15) is 0 Å². The first-order valence-corrected chi connectivity index (χ1v) is 15.8. The summed E-state index contributed by atoms with van der Waals surface area (Å²) in [5.41, 5.74) is 10.8. The smallest absolute Gasteiger partial charge is 0.135 e. The Morgan fingerprint density at radius 1 is 0.391 bits per heavy atom. The summed E-state index contributed by atoms with van der Waals surface area (Å²) in [5.74, 6) is 1.82. The maximum atomic E-state index is 6.41. The maximum Gasteiger partial charge on any atom is 0.135 e. The van der Waals surface area contributed by atoms with Crippen LogP contribution >= 0.6 is 0 Å². The van der Waals surface area contributed by atoms with Crippen molar-refractivity contribution in [1.82, 2.24) is 4.57 Å². The Balaban J connectivity index is 1.26. The zero-order valence-corrected chi connectivity index (χ0v) is 24.9.